The number of rotatable bonds is 6. The van der Waals surface area contributed by atoms with E-state index in [2.05, 4.69) is 51.4 Å². The van der Waals surface area contributed by atoms with Crippen molar-refractivity contribution in [3.63, 3.8) is 0 Å². The molecule has 1 aliphatic heterocycles. The average molecular weight is 548 g/mol. The Labute approximate surface area is 221 Å². The molecule has 13 heteroatoms. The Morgan fingerprint density at radius 1 is 1.05 bits per heavy atom. The number of fused-ring (bicyclic) bond motifs is 1. The molecule has 202 valence electrons. The van der Waals surface area contributed by atoms with Gasteiger partial charge in [-0.2, -0.15) is 13.2 Å². The zero-order chi connectivity index (χ0) is 28.0. The van der Waals surface area contributed by atoms with Crippen LogP contribution >= 0.6 is 11.3 Å². The molecule has 0 saturated carbocycles. The highest BCUT2D eigenvalue weighted by Gasteiger charge is 2.38. The quantitative estimate of drug-likeness (QED) is 0.394. The maximum atomic E-state index is 13.7. The standard InChI is InChI=1S/C25H28F3N7O2S/c1-12-7-10-15(38-12)18(24(2,3)4)32-22-21(33-19-20(34-22)30-11-29-19)31-14-9-8-13(25(26,27)28)16(17(14)36)23(37)35(5)6/h7-10,18,36H,11H2,1-6H3,(H,29,31,33)(H,30,32,34)/t18-/m0/s1. The summed E-state index contributed by atoms with van der Waals surface area (Å²) in [6, 6.07) is 5.63. The van der Waals surface area contributed by atoms with Crippen LogP contribution in [-0.4, -0.2) is 46.6 Å². The van der Waals surface area contributed by atoms with Gasteiger partial charge in [-0.05, 0) is 36.6 Å². The molecule has 3 N–H and O–H groups in total. The minimum absolute atomic E-state index is 0.116. The van der Waals surface area contributed by atoms with Gasteiger partial charge in [0.1, 0.15) is 6.67 Å². The molecule has 0 aliphatic carbocycles. The number of amides is 1. The van der Waals surface area contributed by atoms with Gasteiger partial charge in [-0.3, -0.25) is 4.79 Å². The Kier molecular flexibility index (Phi) is 7.08. The van der Waals surface area contributed by atoms with Gasteiger partial charge in [0.2, 0.25) is 0 Å². The third-order valence-electron chi connectivity index (χ3n) is 5.85. The number of phenolic OH excluding ortho intramolecular Hbond substituents is 1. The molecule has 2 aromatic heterocycles. The first-order chi connectivity index (χ1) is 17.7. The summed E-state index contributed by atoms with van der Waals surface area (Å²) in [5.74, 6) is -1.46. The number of hydrogen-bond acceptors (Lipinski definition) is 9. The van der Waals surface area contributed by atoms with Crippen LogP contribution in [0.3, 0.4) is 0 Å². The lowest BCUT2D eigenvalue weighted by atomic mass is 9.86. The number of aromatic nitrogens is 2. The van der Waals surface area contributed by atoms with E-state index in [0.717, 1.165) is 26.8 Å². The molecule has 0 saturated heterocycles. The molecule has 0 bridgehead atoms. The van der Waals surface area contributed by atoms with Gasteiger partial charge in [0.15, 0.2) is 28.4 Å². The Morgan fingerprint density at radius 2 is 1.68 bits per heavy atom. The second-order valence-corrected chi connectivity index (χ2v) is 11.4. The smallest absolute Gasteiger partial charge is 0.417 e. The van der Waals surface area contributed by atoms with Gasteiger partial charge >= 0.3 is 6.18 Å². The Morgan fingerprint density at radius 3 is 2.21 bits per heavy atom. The number of nitrogens with zero attached hydrogens (tertiary/aromatic N) is 5. The van der Waals surface area contributed by atoms with E-state index in [9.17, 15) is 23.1 Å². The van der Waals surface area contributed by atoms with Crippen molar-refractivity contribution in [3.8, 4) is 5.75 Å². The van der Waals surface area contributed by atoms with Crippen molar-refractivity contribution < 1.29 is 23.1 Å². The Bertz CT molecular complexity index is 1510. The molecule has 0 radical (unpaired) electrons. The molecule has 38 heavy (non-hydrogen) atoms. The van der Waals surface area contributed by atoms with Gasteiger partial charge in [-0.1, -0.05) is 20.8 Å². The second kappa shape index (κ2) is 9.86. The number of hydrogen-bond donors (Lipinski definition) is 3. The number of thiophene rings is 1. The molecular weight excluding hydrogens is 519 g/mol. The number of nitrogens with one attached hydrogen (secondary N) is 2. The molecule has 0 fully saturated rings. The molecule has 1 atom stereocenters. The fourth-order valence-corrected chi connectivity index (χ4v) is 5.12. The van der Waals surface area contributed by atoms with Crippen LogP contribution < -0.4 is 21.6 Å². The van der Waals surface area contributed by atoms with Crippen LogP contribution in [0.4, 0.5) is 30.5 Å². The van der Waals surface area contributed by atoms with Gasteiger partial charge in [-0.15, -0.1) is 11.3 Å². The topological polar surface area (TPSA) is 115 Å². The van der Waals surface area contributed by atoms with Crippen LogP contribution in [0.25, 0.3) is 0 Å². The summed E-state index contributed by atoms with van der Waals surface area (Å²) in [7, 11) is 2.61. The van der Waals surface area contributed by atoms with Crippen molar-refractivity contribution in [2.24, 2.45) is 15.4 Å². The summed E-state index contributed by atoms with van der Waals surface area (Å²) < 4.78 is 41.1. The molecular formula is C25H28F3N7O2S. The van der Waals surface area contributed by atoms with E-state index in [1.165, 1.54) is 14.1 Å². The summed E-state index contributed by atoms with van der Waals surface area (Å²) in [5, 5.41) is 17.2. The normalized spacial score (nSPS) is 13.8. The number of halogens is 3. The third-order valence-corrected chi connectivity index (χ3v) is 6.92. The first kappa shape index (κ1) is 27.3. The molecule has 1 amide bonds. The summed E-state index contributed by atoms with van der Waals surface area (Å²) in [6.07, 6.45) is -4.85. The predicted octanol–water partition coefficient (Wildman–Crippen LogP) is 4.43. The zero-order valence-corrected chi connectivity index (χ0v) is 22.5. The van der Waals surface area contributed by atoms with E-state index in [4.69, 9.17) is 0 Å². The van der Waals surface area contributed by atoms with E-state index in [1.54, 1.807) is 11.3 Å². The van der Waals surface area contributed by atoms with Crippen LogP contribution in [0.2, 0.25) is 0 Å². The number of aryl methyl sites for hydroxylation is 1. The third kappa shape index (κ3) is 5.42. The molecule has 1 aliphatic rings. The van der Waals surface area contributed by atoms with Crippen LogP contribution in [0, 0.1) is 12.3 Å². The molecule has 3 heterocycles. The number of aromatic hydroxyl groups is 1. The van der Waals surface area contributed by atoms with Crippen LogP contribution in [0.1, 0.15) is 52.5 Å². The number of carbonyl (C=O) groups is 1. The highest BCUT2D eigenvalue weighted by molar-refractivity contribution is 7.12. The summed E-state index contributed by atoms with van der Waals surface area (Å²) in [4.78, 5) is 33.3. The highest BCUT2D eigenvalue weighted by atomic mass is 32.1. The molecule has 1 aromatic carbocycles. The fourth-order valence-electron chi connectivity index (χ4n) is 3.94. The number of anilines is 3. The van der Waals surface area contributed by atoms with Crippen LogP contribution in [0.5, 0.6) is 5.75 Å². The second-order valence-electron chi connectivity index (χ2n) is 10.1. The first-order valence-electron chi connectivity index (χ1n) is 11.7. The van der Waals surface area contributed by atoms with Crippen LogP contribution in [-0.2, 0) is 6.18 Å². The molecule has 9 nitrogen and oxygen atoms in total. The number of alkyl halides is 3. The van der Waals surface area contributed by atoms with Gasteiger partial charge in [0.05, 0.1) is 22.9 Å². The summed E-state index contributed by atoms with van der Waals surface area (Å²) in [6.45, 7) is 8.35. The molecule has 4 rings (SSSR count). The molecule has 0 spiro atoms. The maximum Gasteiger partial charge on any atom is 0.417 e. The lowest BCUT2D eigenvalue weighted by Gasteiger charge is -2.31. The van der Waals surface area contributed by atoms with Crippen molar-refractivity contribution in [2.45, 2.75) is 39.9 Å². The van der Waals surface area contributed by atoms with Crippen molar-refractivity contribution in [3.05, 3.63) is 56.1 Å². The van der Waals surface area contributed by atoms with Gasteiger partial charge in [0.25, 0.3) is 5.91 Å². The Hall–Kier alpha value is -3.74. The molecule has 3 aromatic rings. The molecule has 0 unspecified atom stereocenters. The summed E-state index contributed by atoms with van der Waals surface area (Å²) in [5.41, 5.74) is -1.93. The van der Waals surface area contributed by atoms with Crippen molar-refractivity contribution in [1.82, 2.24) is 14.9 Å². The van der Waals surface area contributed by atoms with E-state index < -0.39 is 29.0 Å². The van der Waals surface area contributed by atoms with Crippen molar-refractivity contribution in [2.75, 3.05) is 31.4 Å². The van der Waals surface area contributed by atoms with E-state index in [-0.39, 0.29) is 40.9 Å². The van der Waals surface area contributed by atoms with Crippen molar-refractivity contribution >= 4 is 34.6 Å². The lowest BCUT2D eigenvalue weighted by Crippen LogP contribution is -2.33. The SMILES string of the molecule is Cc1ccc([C@H](Nc2nc3c(nc2Nc2ccc(C(F)(F)F)c(C(=O)N(C)C)c2O)=NCN=3)C(C)(C)C)s1. The van der Waals surface area contributed by atoms with Crippen molar-refractivity contribution in [1.29, 1.82) is 0 Å². The van der Waals surface area contributed by atoms with Gasteiger partial charge < -0.3 is 20.6 Å². The maximum absolute atomic E-state index is 13.7. The first-order valence-corrected chi connectivity index (χ1v) is 12.5. The lowest BCUT2D eigenvalue weighted by molar-refractivity contribution is -0.138. The van der Waals surface area contributed by atoms with E-state index in [1.807, 2.05) is 19.1 Å². The fraction of sp³-hybridized carbons (Fsp3) is 0.400. The Balaban J connectivity index is 1.83. The zero-order valence-electron chi connectivity index (χ0n) is 21.7. The largest absolute Gasteiger partial charge is 0.505 e. The number of carbonyl (C=O) groups excluding carboxylic acids is 1. The average Bonchev–Trinajstić information content (AvgIpc) is 3.44. The summed E-state index contributed by atoms with van der Waals surface area (Å²) >= 11 is 1.63. The van der Waals surface area contributed by atoms with Crippen LogP contribution in [0.15, 0.2) is 34.3 Å². The minimum atomic E-state index is -4.85. The monoisotopic (exact) mass is 547 g/mol. The van der Waals surface area contributed by atoms with E-state index in [0.29, 0.717) is 5.49 Å². The minimum Gasteiger partial charge on any atom is -0.505 e. The number of benzene rings is 1. The predicted molar refractivity (Wildman–Crippen MR) is 138 cm³/mol. The highest BCUT2D eigenvalue weighted by Crippen LogP contribution is 2.42. The number of phenols is 1. The van der Waals surface area contributed by atoms with E-state index >= 15 is 0 Å². The van der Waals surface area contributed by atoms with Gasteiger partial charge in [0, 0.05) is 23.8 Å². The van der Waals surface area contributed by atoms with Gasteiger partial charge in [-0.25, -0.2) is 20.0 Å².